The van der Waals surface area contributed by atoms with Gasteiger partial charge in [0.2, 0.25) is 17.6 Å². The molecule has 6 atom stereocenters. The molecule has 0 aromatic carbocycles. The van der Waals surface area contributed by atoms with Crippen LogP contribution in [0.5, 0.6) is 0 Å². The zero-order valence-electron chi connectivity index (χ0n) is 32.5. The van der Waals surface area contributed by atoms with Crippen molar-refractivity contribution >= 4 is 39.4 Å². The largest absolute Gasteiger partial charge is 0.347 e. The molecule has 0 spiro atoms. The molecule has 3 saturated carbocycles. The molecule has 52 heavy (non-hydrogen) atoms. The van der Waals surface area contributed by atoms with E-state index in [0.717, 1.165) is 70.6 Å². The predicted octanol–water partition coefficient (Wildman–Crippen LogP) is 4.69. The maximum atomic E-state index is 14.6. The number of amides is 5. The minimum absolute atomic E-state index is 0.0129. The molecule has 4 N–H and O–H groups in total. The Labute approximate surface area is 311 Å². The average molecular weight is 748 g/mol. The third-order valence-electron chi connectivity index (χ3n) is 13.1. The van der Waals surface area contributed by atoms with Crippen molar-refractivity contribution in [3.63, 3.8) is 0 Å². The first-order valence-electron chi connectivity index (χ1n) is 20.2. The third-order valence-corrected chi connectivity index (χ3v) is 16.2. The van der Waals surface area contributed by atoms with Crippen LogP contribution < -0.4 is 21.3 Å². The second kappa shape index (κ2) is 16.0. The predicted molar refractivity (Wildman–Crippen MR) is 200 cm³/mol. The van der Waals surface area contributed by atoms with Crippen LogP contribution in [0.25, 0.3) is 0 Å². The summed E-state index contributed by atoms with van der Waals surface area (Å²) >= 11 is 0. The highest BCUT2D eigenvalue weighted by Crippen LogP contribution is 2.65. The number of hydrogen-bond donors (Lipinski definition) is 4. The number of carbonyl (C=O) groups is 5. The summed E-state index contributed by atoms with van der Waals surface area (Å²) in [6, 6.07) is -3.28. The van der Waals surface area contributed by atoms with Gasteiger partial charge in [0, 0.05) is 12.6 Å². The number of piperidine rings is 1. The van der Waals surface area contributed by atoms with Crippen LogP contribution in [-0.2, 0) is 29.0 Å². The zero-order valence-corrected chi connectivity index (χ0v) is 33.3. The van der Waals surface area contributed by atoms with Gasteiger partial charge >= 0.3 is 6.03 Å². The molecule has 12 nitrogen and oxygen atoms in total. The second-order valence-corrected chi connectivity index (χ2v) is 21.2. The Morgan fingerprint density at radius 3 is 1.96 bits per heavy atom. The van der Waals surface area contributed by atoms with E-state index in [1.54, 1.807) is 32.6 Å². The molecule has 5 rings (SSSR count). The Balaban J connectivity index is 1.38. The summed E-state index contributed by atoms with van der Waals surface area (Å²) < 4.78 is 26.4. The van der Waals surface area contributed by atoms with E-state index in [1.165, 1.54) is 0 Å². The van der Waals surface area contributed by atoms with E-state index >= 15 is 0 Å². The summed E-state index contributed by atoms with van der Waals surface area (Å²) in [5, 5.41) is 10.9. The van der Waals surface area contributed by atoms with Crippen LogP contribution in [0.15, 0.2) is 0 Å². The van der Waals surface area contributed by atoms with Crippen molar-refractivity contribution in [1.82, 2.24) is 26.2 Å². The Kier molecular flexibility index (Phi) is 12.4. The Morgan fingerprint density at radius 2 is 1.38 bits per heavy atom. The van der Waals surface area contributed by atoms with E-state index in [-0.39, 0.29) is 29.2 Å². The number of hydrogen-bond acceptors (Lipinski definition) is 7. The van der Waals surface area contributed by atoms with Gasteiger partial charge in [-0.15, -0.1) is 0 Å². The summed E-state index contributed by atoms with van der Waals surface area (Å²) in [5.74, 6) is -2.11. The molecular formula is C39H65N5O7S. The smallest absolute Gasteiger partial charge is 0.315 e. The summed E-state index contributed by atoms with van der Waals surface area (Å²) in [6.45, 7) is 11.3. The minimum atomic E-state index is -3.63. The lowest BCUT2D eigenvalue weighted by molar-refractivity contribution is -0.144. The van der Waals surface area contributed by atoms with Gasteiger partial charge in [-0.25, -0.2) is 13.2 Å². The standard InChI is InChI=1S/C39H65N5O7S/c1-25(52(50,51)37(2,3)4)39(22-16-13-17-23-39)43-36(49)42-29-19-15-12-10-8-7-9-11-14-18-28(32(45)34(47)40-26-20-21-26)41-33(46)31-30-27(38(30,5)6)24-44(31)35(29)48/h25-31H,7-24H2,1-6H3,(H,40,47)(H,41,46)(H2,42,43,49). The van der Waals surface area contributed by atoms with Crippen molar-refractivity contribution in [2.45, 2.75) is 190 Å². The van der Waals surface area contributed by atoms with Gasteiger partial charge in [0.25, 0.3) is 5.91 Å². The molecule has 5 fully saturated rings. The summed E-state index contributed by atoms with van der Waals surface area (Å²) in [5.41, 5.74) is -1.15. The number of rotatable bonds is 7. The quantitative estimate of drug-likeness (QED) is 0.274. The van der Waals surface area contributed by atoms with E-state index in [4.69, 9.17) is 0 Å². The van der Waals surface area contributed by atoms with E-state index in [9.17, 15) is 32.4 Å². The fraction of sp³-hybridized carbons (Fsp3) is 0.872. The topological polar surface area (TPSA) is 171 Å². The van der Waals surface area contributed by atoms with E-state index in [0.29, 0.717) is 45.1 Å². The fourth-order valence-electron chi connectivity index (χ4n) is 9.26. The molecule has 294 valence electrons. The normalized spacial score (nSPS) is 30.8. The van der Waals surface area contributed by atoms with Crippen molar-refractivity contribution in [2.24, 2.45) is 17.3 Å². The van der Waals surface area contributed by atoms with Gasteiger partial charge in [-0.05, 0) is 83.5 Å². The first kappa shape index (κ1) is 40.5. The van der Waals surface area contributed by atoms with Crippen LogP contribution >= 0.6 is 0 Å². The van der Waals surface area contributed by atoms with Crippen LogP contribution in [0, 0.1) is 17.3 Å². The number of Topliss-reactive ketones (excluding diaryl/α,β-unsaturated/α-hetero) is 1. The lowest BCUT2D eigenvalue weighted by Crippen LogP contribution is -2.64. The van der Waals surface area contributed by atoms with E-state index in [1.807, 2.05) is 0 Å². The highest BCUT2D eigenvalue weighted by atomic mass is 32.2. The Hall–Kier alpha value is -2.70. The molecule has 0 aromatic heterocycles. The molecule has 5 aliphatic rings. The van der Waals surface area contributed by atoms with Crippen molar-refractivity contribution < 1.29 is 32.4 Å². The summed E-state index contributed by atoms with van der Waals surface area (Å²) in [6.07, 6.45) is 13.3. The molecule has 0 radical (unpaired) electrons. The lowest BCUT2D eigenvalue weighted by atomic mass is 9.79. The van der Waals surface area contributed by atoms with Crippen LogP contribution in [-0.4, -0.2) is 89.1 Å². The average Bonchev–Trinajstić information content (AvgIpc) is 3.93. The van der Waals surface area contributed by atoms with Gasteiger partial charge in [0.1, 0.15) is 12.1 Å². The maximum Gasteiger partial charge on any atom is 0.315 e. The van der Waals surface area contributed by atoms with Gasteiger partial charge in [-0.1, -0.05) is 84.5 Å². The first-order chi connectivity index (χ1) is 24.4. The van der Waals surface area contributed by atoms with Gasteiger partial charge in [-0.2, -0.15) is 0 Å². The first-order valence-corrected chi connectivity index (χ1v) is 21.7. The fourth-order valence-corrected chi connectivity index (χ4v) is 11.2. The minimum Gasteiger partial charge on any atom is -0.347 e. The van der Waals surface area contributed by atoms with Gasteiger partial charge in [0.15, 0.2) is 9.84 Å². The molecule has 0 aromatic rings. The number of nitrogens with one attached hydrogen (secondary N) is 4. The molecule has 2 heterocycles. The van der Waals surface area contributed by atoms with E-state index in [2.05, 4.69) is 35.1 Å². The highest BCUT2D eigenvalue weighted by molar-refractivity contribution is 7.93. The SMILES string of the molecule is CC(C1(NC(=O)NC2CCCCCCCCCCC(C(=O)C(=O)NC3CC3)NC(=O)C3C4C(CN3C2=O)C4(C)C)CCCCC1)S(=O)(=O)C(C)(C)C. The lowest BCUT2D eigenvalue weighted by Gasteiger charge is -2.44. The number of carbonyl (C=O) groups excluding carboxylic acids is 5. The van der Waals surface area contributed by atoms with Gasteiger partial charge < -0.3 is 26.2 Å². The number of sulfone groups is 1. The molecule has 5 amide bonds. The van der Waals surface area contributed by atoms with Crippen LogP contribution in [0.1, 0.15) is 151 Å². The Morgan fingerprint density at radius 1 is 0.827 bits per heavy atom. The number of nitrogens with zero attached hydrogens (tertiary/aromatic N) is 1. The Bertz CT molecular complexity index is 1460. The highest BCUT2D eigenvalue weighted by Gasteiger charge is 2.69. The summed E-state index contributed by atoms with van der Waals surface area (Å²) in [4.78, 5) is 70.6. The van der Waals surface area contributed by atoms with Crippen LogP contribution in [0.3, 0.4) is 0 Å². The summed E-state index contributed by atoms with van der Waals surface area (Å²) in [7, 11) is -3.63. The van der Waals surface area contributed by atoms with Crippen molar-refractivity contribution in [1.29, 1.82) is 0 Å². The van der Waals surface area contributed by atoms with Crippen LogP contribution in [0.2, 0.25) is 0 Å². The third kappa shape index (κ3) is 8.81. The number of urea groups is 1. The van der Waals surface area contributed by atoms with Crippen molar-refractivity contribution in [2.75, 3.05) is 6.54 Å². The zero-order chi connectivity index (χ0) is 38.1. The van der Waals surface area contributed by atoms with Gasteiger partial charge in [-0.3, -0.25) is 19.2 Å². The van der Waals surface area contributed by atoms with Gasteiger partial charge in [0.05, 0.1) is 21.6 Å². The van der Waals surface area contributed by atoms with Crippen molar-refractivity contribution in [3.8, 4) is 0 Å². The monoisotopic (exact) mass is 747 g/mol. The molecule has 3 aliphatic carbocycles. The molecule has 13 heteroatoms. The molecule has 6 unspecified atom stereocenters. The number of fused-ring (bicyclic) bond motifs is 3. The maximum absolute atomic E-state index is 14.6. The number of ketones is 1. The van der Waals surface area contributed by atoms with E-state index < -0.39 is 67.1 Å². The molecule has 0 bridgehead atoms. The molecule has 2 aliphatic heterocycles. The second-order valence-electron chi connectivity index (χ2n) is 18.1. The van der Waals surface area contributed by atoms with Crippen LogP contribution in [0.4, 0.5) is 4.79 Å². The molecule has 2 saturated heterocycles. The molecular weight excluding hydrogens is 683 g/mol. The van der Waals surface area contributed by atoms with Crippen molar-refractivity contribution in [3.05, 3.63) is 0 Å².